The van der Waals surface area contributed by atoms with Crippen LogP contribution in [0.3, 0.4) is 0 Å². The number of nitrogen functional groups attached to an aromatic ring is 1. The highest BCUT2D eigenvalue weighted by Crippen LogP contribution is 2.28. The lowest BCUT2D eigenvalue weighted by atomic mass is 9.84. The van der Waals surface area contributed by atoms with Crippen LogP contribution in [0.1, 0.15) is 26.7 Å². The molecular formula is C16H25N3O. The summed E-state index contributed by atoms with van der Waals surface area (Å²) in [5, 5.41) is 0. The van der Waals surface area contributed by atoms with Crippen molar-refractivity contribution in [2.45, 2.75) is 26.7 Å². The van der Waals surface area contributed by atoms with E-state index in [4.69, 9.17) is 5.73 Å². The molecule has 1 amide bonds. The number of anilines is 2. The first-order chi connectivity index (χ1) is 9.37. The number of hydrogen-bond donors (Lipinski definition) is 1. The molecule has 1 heterocycles. The van der Waals surface area contributed by atoms with Gasteiger partial charge in [0.1, 0.15) is 0 Å². The maximum Gasteiger partial charge on any atom is 0.240 e. The minimum Gasteiger partial charge on any atom is -0.399 e. The molecule has 2 rings (SSSR count). The van der Waals surface area contributed by atoms with Gasteiger partial charge in [-0.05, 0) is 49.1 Å². The summed E-state index contributed by atoms with van der Waals surface area (Å²) in [6.45, 7) is 7.05. The van der Waals surface area contributed by atoms with E-state index in [1.165, 1.54) is 12.8 Å². The van der Waals surface area contributed by atoms with Crippen LogP contribution in [0, 0.1) is 5.41 Å². The number of benzene rings is 1. The molecule has 0 spiro atoms. The van der Waals surface area contributed by atoms with Crippen molar-refractivity contribution in [3.05, 3.63) is 24.3 Å². The Bertz CT molecular complexity index is 467. The van der Waals surface area contributed by atoms with Crippen molar-refractivity contribution in [2.75, 3.05) is 37.3 Å². The maximum absolute atomic E-state index is 12.4. The number of nitrogens with two attached hydrogens (primary N) is 1. The van der Waals surface area contributed by atoms with Gasteiger partial charge < -0.3 is 10.6 Å². The summed E-state index contributed by atoms with van der Waals surface area (Å²) < 4.78 is 0. The van der Waals surface area contributed by atoms with Crippen LogP contribution >= 0.6 is 0 Å². The molecule has 1 fully saturated rings. The second kappa shape index (κ2) is 5.83. The molecule has 4 nitrogen and oxygen atoms in total. The Balaban J connectivity index is 1.95. The summed E-state index contributed by atoms with van der Waals surface area (Å²) in [5.74, 6) is 0.132. The number of likely N-dealkylation sites (tertiary alicyclic amines) is 1. The average Bonchev–Trinajstić information content (AvgIpc) is 2.37. The lowest BCUT2D eigenvalue weighted by Gasteiger charge is -2.38. The fourth-order valence-corrected chi connectivity index (χ4v) is 2.82. The first kappa shape index (κ1) is 14.9. The van der Waals surface area contributed by atoms with Gasteiger partial charge in [-0.25, -0.2) is 0 Å². The molecule has 20 heavy (non-hydrogen) atoms. The molecule has 1 saturated heterocycles. The molecule has 0 aromatic heterocycles. The Morgan fingerprint density at radius 1 is 1.35 bits per heavy atom. The van der Waals surface area contributed by atoms with Crippen LogP contribution in [0.25, 0.3) is 0 Å². The molecule has 0 radical (unpaired) electrons. The van der Waals surface area contributed by atoms with E-state index in [-0.39, 0.29) is 5.91 Å². The molecule has 0 unspecified atom stereocenters. The lowest BCUT2D eigenvalue weighted by Crippen LogP contribution is -2.45. The number of amides is 1. The monoisotopic (exact) mass is 275 g/mol. The van der Waals surface area contributed by atoms with Crippen molar-refractivity contribution < 1.29 is 4.79 Å². The van der Waals surface area contributed by atoms with Crippen molar-refractivity contribution in [2.24, 2.45) is 5.41 Å². The lowest BCUT2D eigenvalue weighted by molar-refractivity contribution is -0.120. The smallest absolute Gasteiger partial charge is 0.240 e. The summed E-state index contributed by atoms with van der Waals surface area (Å²) in [6.07, 6.45) is 2.41. The normalized spacial score (nSPS) is 18.8. The van der Waals surface area contributed by atoms with Crippen LogP contribution in [0.5, 0.6) is 0 Å². The first-order valence-corrected chi connectivity index (χ1v) is 7.22. The average molecular weight is 275 g/mol. The van der Waals surface area contributed by atoms with Gasteiger partial charge >= 0.3 is 0 Å². The van der Waals surface area contributed by atoms with E-state index in [1.54, 1.807) is 4.90 Å². The summed E-state index contributed by atoms with van der Waals surface area (Å²) in [6, 6.07) is 7.41. The van der Waals surface area contributed by atoms with E-state index in [0.717, 1.165) is 18.8 Å². The van der Waals surface area contributed by atoms with Crippen molar-refractivity contribution in [3.63, 3.8) is 0 Å². The van der Waals surface area contributed by atoms with Crippen molar-refractivity contribution in [1.29, 1.82) is 0 Å². The second-order valence-electron chi connectivity index (χ2n) is 6.52. The van der Waals surface area contributed by atoms with Crippen LogP contribution < -0.4 is 10.6 Å². The van der Waals surface area contributed by atoms with Gasteiger partial charge in [-0.2, -0.15) is 0 Å². The number of rotatable bonds is 3. The van der Waals surface area contributed by atoms with Gasteiger partial charge in [0, 0.05) is 25.0 Å². The third kappa shape index (κ3) is 3.73. The Kier molecular flexibility index (Phi) is 4.33. The van der Waals surface area contributed by atoms with Crippen molar-refractivity contribution >= 4 is 17.3 Å². The van der Waals surface area contributed by atoms with Crippen molar-refractivity contribution in [1.82, 2.24) is 4.90 Å². The molecular weight excluding hydrogens is 250 g/mol. The number of nitrogens with zero attached hydrogens (tertiary/aromatic N) is 2. The molecule has 1 aromatic rings. The van der Waals surface area contributed by atoms with E-state index >= 15 is 0 Å². The zero-order chi connectivity index (χ0) is 14.8. The molecule has 1 aliphatic rings. The Hall–Kier alpha value is -1.55. The Morgan fingerprint density at radius 2 is 2.00 bits per heavy atom. The SMILES string of the molecule is CN(C(=O)CN1CCCC(C)(C)C1)c1ccc(N)cc1. The van der Waals surface area contributed by atoms with E-state index < -0.39 is 0 Å². The van der Waals surface area contributed by atoms with Crippen LogP contribution in [0.15, 0.2) is 24.3 Å². The van der Waals surface area contributed by atoms with Crippen LogP contribution in [0.4, 0.5) is 11.4 Å². The first-order valence-electron chi connectivity index (χ1n) is 7.22. The van der Waals surface area contributed by atoms with Gasteiger partial charge in [0.05, 0.1) is 6.54 Å². The standard InChI is InChI=1S/C16H25N3O/c1-16(2)9-4-10-19(12-16)11-15(20)18(3)14-7-5-13(17)6-8-14/h5-8H,4,9-12,17H2,1-3H3. The minimum absolute atomic E-state index is 0.132. The summed E-state index contributed by atoms with van der Waals surface area (Å²) in [4.78, 5) is 16.3. The predicted octanol–water partition coefficient (Wildman–Crippen LogP) is 2.35. The topological polar surface area (TPSA) is 49.6 Å². The molecule has 0 bridgehead atoms. The van der Waals surface area contributed by atoms with Gasteiger partial charge in [0.15, 0.2) is 0 Å². The van der Waals surface area contributed by atoms with E-state index in [1.807, 2.05) is 31.3 Å². The fraction of sp³-hybridized carbons (Fsp3) is 0.562. The van der Waals surface area contributed by atoms with Crippen LogP contribution in [-0.2, 0) is 4.79 Å². The number of hydrogen-bond acceptors (Lipinski definition) is 3. The highest BCUT2D eigenvalue weighted by molar-refractivity contribution is 5.94. The number of likely N-dealkylation sites (N-methyl/N-ethyl adjacent to an activating group) is 1. The Morgan fingerprint density at radius 3 is 2.60 bits per heavy atom. The van der Waals surface area contributed by atoms with Crippen molar-refractivity contribution in [3.8, 4) is 0 Å². The zero-order valence-corrected chi connectivity index (χ0v) is 12.7. The predicted molar refractivity (Wildman–Crippen MR) is 83.7 cm³/mol. The maximum atomic E-state index is 12.4. The number of carbonyl (C=O) groups excluding carboxylic acids is 1. The summed E-state index contributed by atoms with van der Waals surface area (Å²) >= 11 is 0. The molecule has 1 aliphatic heterocycles. The minimum atomic E-state index is 0.132. The molecule has 0 saturated carbocycles. The van der Waals surface area contributed by atoms with Gasteiger partial charge in [-0.15, -0.1) is 0 Å². The summed E-state index contributed by atoms with van der Waals surface area (Å²) in [5.41, 5.74) is 7.59. The quantitative estimate of drug-likeness (QED) is 0.862. The summed E-state index contributed by atoms with van der Waals surface area (Å²) in [7, 11) is 1.82. The van der Waals surface area contributed by atoms with Crippen LogP contribution in [0.2, 0.25) is 0 Å². The number of carbonyl (C=O) groups is 1. The fourth-order valence-electron chi connectivity index (χ4n) is 2.82. The zero-order valence-electron chi connectivity index (χ0n) is 12.7. The van der Waals surface area contributed by atoms with Gasteiger partial charge in [0.2, 0.25) is 5.91 Å². The molecule has 4 heteroatoms. The highest BCUT2D eigenvalue weighted by atomic mass is 16.2. The van der Waals surface area contributed by atoms with E-state index in [0.29, 0.717) is 17.6 Å². The molecule has 2 N–H and O–H groups in total. The molecule has 110 valence electrons. The third-order valence-corrected chi connectivity index (χ3v) is 3.99. The molecule has 0 atom stereocenters. The van der Waals surface area contributed by atoms with Gasteiger partial charge in [0.25, 0.3) is 0 Å². The molecule has 0 aliphatic carbocycles. The second-order valence-corrected chi connectivity index (χ2v) is 6.52. The number of piperidine rings is 1. The van der Waals surface area contributed by atoms with Gasteiger partial charge in [-0.1, -0.05) is 13.8 Å². The van der Waals surface area contributed by atoms with Crippen LogP contribution in [-0.4, -0.2) is 37.5 Å². The van der Waals surface area contributed by atoms with E-state index in [2.05, 4.69) is 18.7 Å². The Labute approximate surface area is 121 Å². The van der Waals surface area contributed by atoms with Gasteiger partial charge in [-0.3, -0.25) is 9.69 Å². The molecule has 1 aromatic carbocycles. The third-order valence-electron chi connectivity index (χ3n) is 3.99. The highest BCUT2D eigenvalue weighted by Gasteiger charge is 2.28. The largest absolute Gasteiger partial charge is 0.399 e. The van der Waals surface area contributed by atoms with E-state index in [9.17, 15) is 4.79 Å².